The monoisotopic (exact) mass is 464 g/mol. The number of nitrogens with zero attached hydrogens (tertiary/aromatic N) is 1. The van der Waals surface area contributed by atoms with Crippen LogP contribution in [0.15, 0.2) is 53.0 Å². The Morgan fingerprint density at radius 2 is 1.83 bits per heavy atom. The molecule has 1 fully saturated rings. The van der Waals surface area contributed by atoms with E-state index in [1.165, 1.54) is 29.3 Å². The SMILES string of the molecule is O=C(CNc1ccccc1C(F)(F)F)N1CCC2(C=Cc3cccc(Br)c32)CC1. The fraction of sp³-hybridized carbons (Fsp3) is 0.318. The first-order valence-corrected chi connectivity index (χ1v) is 10.3. The fourth-order valence-electron chi connectivity index (χ4n) is 4.28. The number of alkyl halides is 3. The highest BCUT2D eigenvalue weighted by Gasteiger charge is 2.40. The first kappa shape index (κ1) is 20.0. The lowest BCUT2D eigenvalue weighted by Gasteiger charge is -2.39. The fourth-order valence-corrected chi connectivity index (χ4v) is 5.05. The van der Waals surface area contributed by atoms with Gasteiger partial charge in [-0.15, -0.1) is 0 Å². The lowest BCUT2D eigenvalue weighted by Crippen LogP contribution is -2.46. The number of amides is 1. The number of benzene rings is 2. The molecule has 1 heterocycles. The van der Waals surface area contributed by atoms with Crippen LogP contribution in [0.3, 0.4) is 0 Å². The number of carbonyl (C=O) groups is 1. The Balaban J connectivity index is 1.40. The summed E-state index contributed by atoms with van der Waals surface area (Å²) in [7, 11) is 0. The molecular formula is C22H20BrF3N2O. The zero-order valence-electron chi connectivity index (χ0n) is 15.6. The normalized spacial score (nSPS) is 17.4. The van der Waals surface area contributed by atoms with Gasteiger partial charge in [0.15, 0.2) is 0 Å². The predicted molar refractivity (Wildman–Crippen MR) is 111 cm³/mol. The van der Waals surface area contributed by atoms with Gasteiger partial charge in [0.25, 0.3) is 0 Å². The summed E-state index contributed by atoms with van der Waals surface area (Å²) in [5.74, 6) is -0.189. The molecule has 1 spiro atoms. The third-order valence-electron chi connectivity index (χ3n) is 5.80. The number of hydrogen-bond acceptors (Lipinski definition) is 2. The zero-order valence-corrected chi connectivity index (χ0v) is 17.2. The van der Waals surface area contributed by atoms with E-state index >= 15 is 0 Å². The van der Waals surface area contributed by atoms with Crippen LogP contribution in [0.2, 0.25) is 0 Å². The minimum absolute atomic E-state index is 0.0709. The maximum absolute atomic E-state index is 13.1. The van der Waals surface area contributed by atoms with Crippen LogP contribution in [0.5, 0.6) is 0 Å². The molecule has 7 heteroatoms. The smallest absolute Gasteiger partial charge is 0.376 e. The Kier molecular flexibility index (Phi) is 5.19. The highest BCUT2D eigenvalue weighted by Crippen LogP contribution is 2.46. The average Bonchev–Trinajstić information content (AvgIpc) is 3.06. The topological polar surface area (TPSA) is 32.3 Å². The maximum Gasteiger partial charge on any atom is 0.418 e. The number of likely N-dealkylation sites (tertiary alicyclic amines) is 1. The van der Waals surface area contributed by atoms with Crippen LogP contribution >= 0.6 is 15.9 Å². The van der Waals surface area contributed by atoms with E-state index in [4.69, 9.17) is 0 Å². The van der Waals surface area contributed by atoms with Crippen molar-refractivity contribution in [3.05, 3.63) is 69.7 Å². The van der Waals surface area contributed by atoms with Crippen molar-refractivity contribution in [2.75, 3.05) is 25.0 Å². The summed E-state index contributed by atoms with van der Waals surface area (Å²) < 4.78 is 40.4. The van der Waals surface area contributed by atoms with Crippen molar-refractivity contribution in [2.45, 2.75) is 24.4 Å². The molecule has 1 amide bonds. The van der Waals surface area contributed by atoms with Crippen molar-refractivity contribution in [3.63, 3.8) is 0 Å². The average molecular weight is 465 g/mol. The molecule has 4 rings (SSSR count). The highest BCUT2D eigenvalue weighted by molar-refractivity contribution is 9.10. The van der Waals surface area contributed by atoms with Gasteiger partial charge in [0, 0.05) is 28.7 Å². The van der Waals surface area contributed by atoms with Crippen molar-refractivity contribution >= 4 is 33.6 Å². The lowest BCUT2D eigenvalue weighted by atomic mass is 9.74. The molecular weight excluding hydrogens is 445 g/mol. The van der Waals surface area contributed by atoms with E-state index in [2.05, 4.69) is 39.5 Å². The molecule has 2 aromatic rings. The summed E-state index contributed by atoms with van der Waals surface area (Å²) in [6.45, 7) is 0.995. The molecule has 152 valence electrons. The highest BCUT2D eigenvalue weighted by atomic mass is 79.9. The van der Waals surface area contributed by atoms with Crippen LogP contribution in [0, 0.1) is 0 Å². The molecule has 0 saturated carbocycles. The number of fused-ring (bicyclic) bond motifs is 2. The molecule has 1 aliphatic heterocycles. The molecule has 0 radical (unpaired) electrons. The molecule has 0 bridgehead atoms. The number of allylic oxidation sites excluding steroid dienone is 1. The Morgan fingerprint density at radius 3 is 2.55 bits per heavy atom. The Morgan fingerprint density at radius 1 is 1.10 bits per heavy atom. The van der Waals surface area contributed by atoms with Crippen LogP contribution in [0.4, 0.5) is 18.9 Å². The quantitative estimate of drug-likeness (QED) is 0.653. The zero-order chi connectivity index (χ0) is 20.6. The van der Waals surface area contributed by atoms with E-state index in [9.17, 15) is 18.0 Å². The Hall–Kier alpha value is -2.28. The molecule has 0 atom stereocenters. The van der Waals surface area contributed by atoms with Gasteiger partial charge >= 0.3 is 6.18 Å². The van der Waals surface area contributed by atoms with Crippen molar-refractivity contribution in [1.29, 1.82) is 0 Å². The molecule has 0 aromatic heterocycles. The molecule has 1 aliphatic carbocycles. The van der Waals surface area contributed by atoms with Gasteiger partial charge in [0.05, 0.1) is 12.1 Å². The Bertz CT molecular complexity index is 963. The number of para-hydroxylation sites is 1. The van der Waals surface area contributed by atoms with Gasteiger partial charge in [-0.25, -0.2) is 0 Å². The van der Waals surface area contributed by atoms with Crippen LogP contribution in [0.1, 0.15) is 29.5 Å². The second-order valence-corrected chi connectivity index (χ2v) is 8.33. The number of nitrogens with one attached hydrogen (secondary N) is 1. The third kappa shape index (κ3) is 3.80. The minimum atomic E-state index is -4.46. The largest absolute Gasteiger partial charge is 0.418 e. The van der Waals surface area contributed by atoms with E-state index in [0.717, 1.165) is 23.4 Å². The van der Waals surface area contributed by atoms with E-state index in [0.29, 0.717) is 13.1 Å². The summed E-state index contributed by atoms with van der Waals surface area (Å²) in [5.41, 5.74) is 1.55. The van der Waals surface area contributed by atoms with E-state index < -0.39 is 11.7 Å². The van der Waals surface area contributed by atoms with Crippen LogP contribution in [-0.2, 0) is 16.4 Å². The molecule has 1 saturated heterocycles. The summed E-state index contributed by atoms with van der Waals surface area (Å²) in [5, 5.41) is 2.67. The van der Waals surface area contributed by atoms with Gasteiger partial charge in [-0.3, -0.25) is 4.79 Å². The van der Waals surface area contributed by atoms with Crippen LogP contribution in [0.25, 0.3) is 6.08 Å². The van der Waals surface area contributed by atoms with Crippen molar-refractivity contribution in [3.8, 4) is 0 Å². The summed E-state index contributed by atoms with van der Waals surface area (Å²) >= 11 is 3.65. The van der Waals surface area contributed by atoms with Crippen LogP contribution in [-0.4, -0.2) is 30.4 Å². The number of piperidine rings is 1. The van der Waals surface area contributed by atoms with Gasteiger partial charge in [-0.05, 0) is 42.2 Å². The van der Waals surface area contributed by atoms with Gasteiger partial charge in [-0.2, -0.15) is 13.2 Å². The summed E-state index contributed by atoms with van der Waals surface area (Å²) in [6.07, 6.45) is 1.49. The number of halogens is 4. The number of carbonyl (C=O) groups excluding carboxylic acids is 1. The number of anilines is 1. The second kappa shape index (κ2) is 7.52. The first-order valence-electron chi connectivity index (χ1n) is 9.46. The van der Waals surface area contributed by atoms with Gasteiger partial charge < -0.3 is 10.2 Å². The Labute approximate surface area is 175 Å². The predicted octanol–water partition coefficient (Wildman–Crippen LogP) is 5.47. The maximum atomic E-state index is 13.1. The molecule has 3 nitrogen and oxygen atoms in total. The molecule has 2 aliphatic rings. The van der Waals surface area contributed by atoms with Gasteiger partial charge in [-0.1, -0.05) is 52.3 Å². The third-order valence-corrected chi connectivity index (χ3v) is 6.46. The molecule has 1 N–H and O–H groups in total. The summed E-state index contributed by atoms with van der Waals surface area (Å²) in [4.78, 5) is 14.3. The number of hydrogen-bond donors (Lipinski definition) is 1. The summed E-state index contributed by atoms with van der Waals surface area (Å²) in [6, 6.07) is 11.4. The van der Waals surface area contributed by atoms with Gasteiger partial charge in [0.1, 0.15) is 0 Å². The molecule has 0 unspecified atom stereocenters. The van der Waals surface area contributed by atoms with Crippen molar-refractivity contribution in [1.82, 2.24) is 4.90 Å². The van der Waals surface area contributed by atoms with Crippen LogP contribution < -0.4 is 5.32 Å². The lowest BCUT2D eigenvalue weighted by molar-refractivity contribution is -0.137. The van der Waals surface area contributed by atoms with Crippen molar-refractivity contribution in [2.24, 2.45) is 0 Å². The van der Waals surface area contributed by atoms with Crippen molar-refractivity contribution < 1.29 is 18.0 Å². The first-order chi connectivity index (χ1) is 13.8. The van der Waals surface area contributed by atoms with E-state index in [-0.39, 0.29) is 23.6 Å². The second-order valence-electron chi connectivity index (χ2n) is 7.47. The standard InChI is InChI=1S/C22H20BrF3N2O/c23-17-6-3-4-15-8-9-21(20(15)17)10-12-28(13-11-21)19(29)14-27-18-7-2-1-5-16(18)22(24,25)26/h1-9,27H,10-14H2. The minimum Gasteiger partial charge on any atom is -0.376 e. The van der Waals surface area contributed by atoms with E-state index in [1.807, 2.05) is 12.1 Å². The van der Waals surface area contributed by atoms with Gasteiger partial charge in [0.2, 0.25) is 5.91 Å². The van der Waals surface area contributed by atoms with E-state index in [1.54, 1.807) is 4.90 Å². The molecule has 29 heavy (non-hydrogen) atoms. The number of rotatable bonds is 3. The molecule has 2 aromatic carbocycles.